The molecule has 0 bridgehead atoms. The molecule has 0 radical (unpaired) electrons. The van der Waals surface area contributed by atoms with Crippen molar-refractivity contribution in [3.05, 3.63) is 64.8 Å². The molecule has 0 unspecified atom stereocenters. The maximum atomic E-state index is 13.8. The number of methoxy groups -OCH3 is 2. The van der Waals surface area contributed by atoms with E-state index in [1.165, 1.54) is 24.5 Å². The molecule has 11 heteroatoms. The van der Waals surface area contributed by atoms with E-state index in [1.807, 2.05) is 12.1 Å². The summed E-state index contributed by atoms with van der Waals surface area (Å²) in [4.78, 5) is 24.6. The Kier molecular flexibility index (Phi) is 9.83. The topological polar surface area (TPSA) is 97.8 Å². The lowest BCUT2D eigenvalue weighted by molar-refractivity contribution is -0.115. The summed E-state index contributed by atoms with van der Waals surface area (Å²) in [6.07, 6.45) is 4.59. The normalized spacial score (nSPS) is 13.9. The SMILES string of the molecule is COCCOc1cc2ncncc2cc1C(C(=O)NNc1ccc(F)c(Cl)c1)=C1CCN(CCOC)CC1. The third kappa shape index (κ3) is 6.96. The second-order valence-corrected chi connectivity index (χ2v) is 9.20. The molecule has 2 N–H and O–H groups in total. The van der Waals surface area contributed by atoms with E-state index in [-0.39, 0.29) is 10.9 Å². The van der Waals surface area contributed by atoms with Crippen LogP contribution in [0.4, 0.5) is 10.1 Å². The predicted molar refractivity (Wildman–Crippen MR) is 145 cm³/mol. The minimum atomic E-state index is -0.539. The molecule has 1 aromatic heterocycles. The average molecular weight is 544 g/mol. The highest BCUT2D eigenvalue weighted by molar-refractivity contribution is 6.31. The van der Waals surface area contributed by atoms with Gasteiger partial charge in [0.15, 0.2) is 0 Å². The molecule has 1 amide bonds. The van der Waals surface area contributed by atoms with Gasteiger partial charge in [0, 0.05) is 57.1 Å². The Hall–Kier alpha value is -3.31. The zero-order valence-corrected chi connectivity index (χ0v) is 22.2. The quantitative estimate of drug-likeness (QED) is 0.212. The van der Waals surface area contributed by atoms with Crippen LogP contribution in [0.15, 0.2) is 48.4 Å². The Bertz CT molecular complexity index is 1300. The first-order chi connectivity index (χ1) is 18.5. The van der Waals surface area contributed by atoms with Gasteiger partial charge in [-0.15, -0.1) is 0 Å². The van der Waals surface area contributed by atoms with Crippen molar-refractivity contribution in [2.45, 2.75) is 12.8 Å². The number of rotatable bonds is 11. The summed E-state index contributed by atoms with van der Waals surface area (Å²) in [7, 11) is 3.29. The Balaban J connectivity index is 1.70. The largest absolute Gasteiger partial charge is 0.490 e. The zero-order chi connectivity index (χ0) is 26.9. The first-order valence-electron chi connectivity index (χ1n) is 12.3. The monoisotopic (exact) mass is 543 g/mol. The van der Waals surface area contributed by atoms with Crippen LogP contribution in [0.3, 0.4) is 0 Å². The molecule has 38 heavy (non-hydrogen) atoms. The second-order valence-electron chi connectivity index (χ2n) is 8.79. The van der Waals surface area contributed by atoms with Crippen LogP contribution in [-0.2, 0) is 14.3 Å². The van der Waals surface area contributed by atoms with Gasteiger partial charge in [-0.2, -0.15) is 0 Å². The van der Waals surface area contributed by atoms with Crippen LogP contribution in [0, 0.1) is 5.82 Å². The van der Waals surface area contributed by atoms with Gasteiger partial charge < -0.3 is 19.1 Å². The number of hydrazine groups is 1. The summed E-state index contributed by atoms with van der Waals surface area (Å²) in [5, 5.41) is 0.734. The fourth-order valence-electron chi connectivity index (χ4n) is 4.32. The highest BCUT2D eigenvalue weighted by atomic mass is 35.5. The van der Waals surface area contributed by atoms with Crippen LogP contribution in [0.25, 0.3) is 16.5 Å². The van der Waals surface area contributed by atoms with Crippen molar-refractivity contribution in [2.24, 2.45) is 0 Å². The summed E-state index contributed by atoms with van der Waals surface area (Å²) in [5.74, 6) is -0.362. The van der Waals surface area contributed by atoms with Gasteiger partial charge in [-0.1, -0.05) is 17.2 Å². The number of halogens is 2. The predicted octanol–water partition coefficient (Wildman–Crippen LogP) is 4.09. The van der Waals surface area contributed by atoms with E-state index in [0.717, 1.165) is 30.6 Å². The van der Waals surface area contributed by atoms with E-state index in [1.54, 1.807) is 20.4 Å². The van der Waals surface area contributed by atoms with Gasteiger partial charge in [-0.05, 0) is 37.1 Å². The molecule has 2 aromatic carbocycles. The maximum Gasteiger partial charge on any atom is 0.270 e. The number of anilines is 1. The fraction of sp³-hybridized carbons (Fsp3) is 0.370. The molecule has 1 aliphatic rings. The standard InChI is InChI=1S/C27H31ClFN5O4/c1-36-10-9-34-7-5-18(6-8-34)26(27(35)33-32-20-3-4-23(29)22(28)14-20)21-13-19-16-30-17-31-24(19)15-25(21)38-12-11-37-2/h3-4,13-17,32H,5-12H2,1-2H3,(H,33,35). The van der Waals surface area contributed by atoms with E-state index in [4.69, 9.17) is 25.8 Å². The van der Waals surface area contributed by atoms with Gasteiger partial charge in [-0.3, -0.25) is 15.6 Å². The number of hydrogen-bond donors (Lipinski definition) is 2. The molecule has 202 valence electrons. The number of amides is 1. The second kappa shape index (κ2) is 13.5. The van der Waals surface area contributed by atoms with Gasteiger partial charge in [0.2, 0.25) is 0 Å². The van der Waals surface area contributed by atoms with E-state index in [2.05, 4.69) is 25.7 Å². The smallest absolute Gasteiger partial charge is 0.270 e. The van der Waals surface area contributed by atoms with E-state index in [9.17, 15) is 9.18 Å². The van der Waals surface area contributed by atoms with Crippen molar-refractivity contribution in [3.63, 3.8) is 0 Å². The van der Waals surface area contributed by atoms with Crippen LogP contribution in [-0.4, -0.2) is 74.4 Å². The van der Waals surface area contributed by atoms with Crippen molar-refractivity contribution in [2.75, 3.05) is 59.1 Å². The molecule has 2 heterocycles. The zero-order valence-electron chi connectivity index (χ0n) is 21.4. The van der Waals surface area contributed by atoms with Crippen LogP contribution < -0.4 is 15.6 Å². The Morgan fingerprint density at radius 2 is 1.89 bits per heavy atom. The van der Waals surface area contributed by atoms with Crippen molar-refractivity contribution >= 4 is 39.7 Å². The average Bonchev–Trinajstić information content (AvgIpc) is 2.93. The molecule has 1 fully saturated rings. The van der Waals surface area contributed by atoms with Crippen LogP contribution in [0.1, 0.15) is 18.4 Å². The molecule has 1 saturated heterocycles. The minimum Gasteiger partial charge on any atom is -0.490 e. The van der Waals surface area contributed by atoms with Gasteiger partial charge in [0.25, 0.3) is 5.91 Å². The minimum absolute atomic E-state index is 0.0467. The number of ether oxygens (including phenoxy) is 3. The van der Waals surface area contributed by atoms with Gasteiger partial charge in [0.05, 0.1) is 35.0 Å². The number of fused-ring (bicyclic) bond motifs is 1. The number of likely N-dealkylation sites (tertiary alicyclic amines) is 1. The number of hydrogen-bond acceptors (Lipinski definition) is 8. The first kappa shape index (κ1) is 27.7. The third-order valence-corrected chi connectivity index (χ3v) is 6.60. The highest BCUT2D eigenvalue weighted by Crippen LogP contribution is 2.35. The van der Waals surface area contributed by atoms with Crippen molar-refractivity contribution in [3.8, 4) is 5.75 Å². The summed E-state index contributed by atoms with van der Waals surface area (Å²) in [6, 6.07) is 7.83. The number of aromatic nitrogens is 2. The number of benzene rings is 2. The van der Waals surface area contributed by atoms with Crippen LogP contribution in [0.2, 0.25) is 5.02 Å². The van der Waals surface area contributed by atoms with Crippen LogP contribution >= 0.6 is 11.6 Å². The summed E-state index contributed by atoms with van der Waals surface area (Å²) in [6.45, 7) is 3.78. The molecular formula is C27H31ClFN5O4. The molecule has 3 aromatic rings. The number of nitrogens with one attached hydrogen (secondary N) is 2. The maximum absolute atomic E-state index is 13.8. The molecule has 4 rings (SSSR count). The number of piperidine rings is 1. The van der Waals surface area contributed by atoms with Crippen molar-refractivity contribution < 1.29 is 23.4 Å². The molecule has 0 aliphatic carbocycles. The lowest BCUT2D eigenvalue weighted by Gasteiger charge is -2.30. The number of carbonyl (C=O) groups excluding carboxylic acids is 1. The van der Waals surface area contributed by atoms with E-state index < -0.39 is 5.82 Å². The first-order valence-corrected chi connectivity index (χ1v) is 12.7. The molecule has 0 atom stereocenters. The summed E-state index contributed by atoms with van der Waals surface area (Å²) < 4.78 is 30.0. The summed E-state index contributed by atoms with van der Waals surface area (Å²) in [5.41, 5.74) is 8.91. The highest BCUT2D eigenvalue weighted by Gasteiger charge is 2.25. The number of nitrogens with zero attached hydrogens (tertiary/aromatic N) is 3. The molecule has 0 saturated carbocycles. The Labute approximate surface area is 225 Å². The third-order valence-electron chi connectivity index (χ3n) is 6.31. The summed E-state index contributed by atoms with van der Waals surface area (Å²) >= 11 is 5.91. The van der Waals surface area contributed by atoms with Crippen molar-refractivity contribution in [1.29, 1.82) is 0 Å². The molecule has 9 nitrogen and oxygen atoms in total. The van der Waals surface area contributed by atoms with Crippen LogP contribution in [0.5, 0.6) is 5.75 Å². The molecular weight excluding hydrogens is 513 g/mol. The van der Waals surface area contributed by atoms with Gasteiger partial charge in [0.1, 0.15) is 24.5 Å². The lowest BCUT2D eigenvalue weighted by Crippen LogP contribution is -2.35. The van der Waals surface area contributed by atoms with Crippen molar-refractivity contribution in [1.82, 2.24) is 20.3 Å². The van der Waals surface area contributed by atoms with E-state index in [0.29, 0.717) is 60.8 Å². The lowest BCUT2D eigenvalue weighted by atomic mass is 9.91. The Morgan fingerprint density at radius 1 is 1.11 bits per heavy atom. The van der Waals surface area contributed by atoms with E-state index >= 15 is 0 Å². The van der Waals surface area contributed by atoms with Gasteiger partial charge in [-0.25, -0.2) is 14.4 Å². The fourth-order valence-corrected chi connectivity index (χ4v) is 4.50. The Morgan fingerprint density at radius 3 is 2.63 bits per heavy atom. The number of carbonyl (C=O) groups is 1. The molecule has 0 spiro atoms. The molecule has 1 aliphatic heterocycles. The van der Waals surface area contributed by atoms with Gasteiger partial charge >= 0.3 is 0 Å².